The summed E-state index contributed by atoms with van der Waals surface area (Å²) in [5, 5.41) is 14.8. The predicted molar refractivity (Wildman–Crippen MR) is 92.0 cm³/mol. The number of carbonyl (C=O) groups is 1. The highest BCUT2D eigenvalue weighted by atomic mass is 16.7. The smallest absolute Gasteiger partial charge is 0.318 e. The zero-order chi connectivity index (χ0) is 17.9. The SMILES string of the molecule is CC(=O)O/N=C(\C)c1ccc(C)c(-c2cc([N+](=O)[O-])ccc2C)c1. The van der Waals surface area contributed by atoms with Crippen LogP contribution in [0.25, 0.3) is 11.1 Å². The van der Waals surface area contributed by atoms with Gasteiger partial charge in [0, 0.05) is 19.1 Å². The molecule has 0 spiro atoms. The van der Waals surface area contributed by atoms with Gasteiger partial charge in [-0.2, -0.15) is 0 Å². The van der Waals surface area contributed by atoms with Gasteiger partial charge in [-0.1, -0.05) is 23.4 Å². The molecule has 0 aliphatic carbocycles. The van der Waals surface area contributed by atoms with Gasteiger partial charge >= 0.3 is 5.97 Å². The third-order valence-electron chi connectivity index (χ3n) is 3.69. The zero-order valence-corrected chi connectivity index (χ0v) is 14.0. The van der Waals surface area contributed by atoms with Crippen LogP contribution in [0.3, 0.4) is 0 Å². The Hall–Kier alpha value is -3.02. The highest BCUT2D eigenvalue weighted by molar-refractivity contribution is 6.00. The lowest BCUT2D eigenvalue weighted by Crippen LogP contribution is -2.01. The van der Waals surface area contributed by atoms with Crippen molar-refractivity contribution in [3.8, 4) is 11.1 Å². The van der Waals surface area contributed by atoms with Gasteiger partial charge < -0.3 is 4.84 Å². The molecule has 6 heteroatoms. The first kappa shape index (κ1) is 17.3. The minimum atomic E-state index is -0.490. The van der Waals surface area contributed by atoms with Crippen LogP contribution in [0.2, 0.25) is 0 Å². The lowest BCUT2D eigenvalue weighted by Gasteiger charge is -2.11. The molecule has 0 unspecified atom stereocenters. The second kappa shape index (κ2) is 7.04. The number of nitro groups is 1. The fraction of sp³-hybridized carbons (Fsp3) is 0.222. The van der Waals surface area contributed by atoms with Crippen LogP contribution >= 0.6 is 0 Å². The van der Waals surface area contributed by atoms with E-state index in [9.17, 15) is 14.9 Å². The van der Waals surface area contributed by atoms with Crippen molar-refractivity contribution in [2.75, 3.05) is 0 Å². The standard InChI is InChI=1S/C18H18N2O4/c1-11-5-7-15(13(3)19-24-14(4)21)9-17(11)18-10-16(20(22)23)8-6-12(18)2/h5-10H,1-4H3/b19-13+. The van der Waals surface area contributed by atoms with Crippen molar-refractivity contribution in [2.45, 2.75) is 27.7 Å². The summed E-state index contributed by atoms with van der Waals surface area (Å²) in [6, 6.07) is 10.5. The number of rotatable bonds is 4. The zero-order valence-electron chi connectivity index (χ0n) is 14.0. The molecule has 0 aliphatic heterocycles. The first-order chi connectivity index (χ1) is 11.3. The van der Waals surface area contributed by atoms with Crippen molar-refractivity contribution in [1.29, 1.82) is 0 Å². The van der Waals surface area contributed by atoms with Crippen LogP contribution in [0.4, 0.5) is 5.69 Å². The van der Waals surface area contributed by atoms with Crippen molar-refractivity contribution >= 4 is 17.4 Å². The molecule has 0 atom stereocenters. The van der Waals surface area contributed by atoms with Gasteiger partial charge in [0.05, 0.1) is 10.6 Å². The van der Waals surface area contributed by atoms with E-state index >= 15 is 0 Å². The number of hydrogen-bond donors (Lipinski definition) is 0. The number of aryl methyl sites for hydroxylation is 2. The highest BCUT2D eigenvalue weighted by Gasteiger charge is 2.13. The maximum atomic E-state index is 11.0. The summed E-state index contributed by atoms with van der Waals surface area (Å²) < 4.78 is 0. The summed E-state index contributed by atoms with van der Waals surface area (Å²) in [6.45, 7) is 6.86. The second-order valence-electron chi connectivity index (χ2n) is 5.55. The molecule has 0 saturated heterocycles. The minimum Gasteiger partial charge on any atom is -0.318 e. The van der Waals surface area contributed by atoms with E-state index < -0.39 is 10.9 Å². The monoisotopic (exact) mass is 326 g/mol. The van der Waals surface area contributed by atoms with E-state index in [1.165, 1.54) is 13.0 Å². The first-order valence-electron chi connectivity index (χ1n) is 7.38. The van der Waals surface area contributed by atoms with Crippen LogP contribution in [-0.2, 0) is 9.63 Å². The van der Waals surface area contributed by atoms with E-state index in [1.54, 1.807) is 19.1 Å². The Labute approximate surface area is 139 Å². The highest BCUT2D eigenvalue weighted by Crippen LogP contribution is 2.31. The molecule has 24 heavy (non-hydrogen) atoms. The van der Waals surface area contributed by atoms with Gasteiger partial charge in [-0.3, -0.25) is 10.1 Å². The van der Waals surface area contributed by atoms with E-state index in [0.717, 1.165) is 27.8 Å². The van der Waals surface area contributed by atoms with Crippen molar-refractivity contribution in [3.05, 3.63) is 63.2 Å². The minimum absolute atomic E-state index is 0.0469. The summed E-state index contributed by atoms with van der Waals surface area (Å²) in [7, 11) is 0. The quantitative estimate of drug-likeness (QED) is 0.365. The third kappa shape index (κ3) is 3.84. The molecule has 0 saturated carbocycles. The third-order valence-corrected chi connectivity index (χ3v) is 3.69. The molecule has 0 N–H and O–H groups in total. The molecule has 0 heterocycles. The maximum Gasteiger partial charge on any atom is 0.331 e. The van der Waals surface area contributed by atoms with Crippen LogP contribution in [0.1, 0.15) is 30.5 Å². The molecule has 0 fully saturated rings. The number of nitro benzene ring substituents is 1. The van der Waals surface area contributed by atoms with Gasteiger partial charge in [-0.15, -0.1) is 0 Å². The number of carbonyl (C=O) groups excluding carboxylic acids is 1. The van der Waals surface area contributed by atoms with Gasteiger partial charge in [-0.05, 0) is 54.7 Å². The topological polar surface area (TPSA) is 81.8 Å². The predicted octanol–water partition coefficient (Wildman–Crippen LogP) is 4.17. The fourth-order valence-electron chi connectivity index (χ4n) is 2.34. The summed E-state index contributed by atoms with van der Waals surface area (Å²) in [5.41, 5.74) is 4.98. The first-order valence-corrected chi connectivity index (χ1v) is 7.38. The van der Waals surface area contributed by atoms with Gasteiger partial charge in [0.15, 0.2) is 0 Å². The Morgan fingerprint density at radius 1 is 1.04 bits per heavy atom. The van der Waals surface area contributed by atoms with Crippen molar-refractivity contribution < 1.29 is 14.6 Å². The molecule has 2 rings (SSSR count). The van der Waals surface area contributed by atoms with Crippen molar-refractivity contribution in [3.63, 3.8) is 0 Å². The van der Waals surface area contributed by atoms with Crippen LogP contribution < -0.4 is 0 Å². The van der Waals surface area contributed by atoms with E-state index in [4.69, 9.17) is 0 Å². The average molecular weight is 326 g/mol. The largest absolute Gasteiger partial charge is 0.331 e. The van der Waals surface area contributed by atoms with Crippen LogP contribution in [0, 0.1) is 24.0 Å². The lowest BCUT2D eigenvalue weighted by atomic mass is 9.93. The van der Waals surface area contributed by atoms with Gasteiger partial charge in [0.25, 0.3) is 5.69 Å². The van der Waals surface area contributed by atoms with Crippen LogP contribution in [0.5, 0.6) is 0 Å². The Kier molecular flexibility index (Phi) is 5.08. The molecule has 2 aromatic rings. The number of non-ortho nitro benzene ring substituents is 1. The Morgan fingerprint density at radius 3 is 2.21 bits per heavy atom. The van der Waals surface area contributed by atoms with E-state index in [0.29, 0.717) is 5.71 Å². The molecule has 0 amide bonds. The number of benzene rings is 2. The number of oxime groups is 1. The van der Waals surface area contributed by atoms with Gasteiger partial charge in [-0.25, -0.2) is 4.79 Å². The summed E-state index contributed by atoms with van der Waals surface area (Å²) in [4.78, 5) is 26.2. The number of hydrogen-bond acceptors (Lipinski definition) is 5. The molecule has 0 aromatic heterocycles. The Balaban J connectivity index is 2.54. The maximum absolute atomic E-state index is 11.0. The molecular weight excluding hydrogens is 308 g/mol. The normalized spacial score (nSPS) is 11.2. The summed E-state index contributed by atoms with van der Waals surface area (Å²) in [5.74, 6) is -0.490. The van der Waals surface area contributed by atoms with Gasteiger partial charge in [0.1, 0.15) is 0 Å². The molecule has 0 radical (unpaired) electrons. The molecule has 124 valence electrons. The van der Waals surface area contributed by atoms with Gasteiger partial charge in [0.2, 0.25) is 0 Å². The summed E-state index contributed by atoms with van der Waals surface area (Å²) >= 11 is 0. The van der Waals surface area contributed by atoms with Crippen molar-refractivity contribution in [1.82, 2.24) is 0 Å². The molecule has 6 nitrogen and oxygen atoms in total. The summed E-state index contributed by atoms with van der Waals surface area (Å²) in [6.07, 6.45) is 0. The lowest BCUT2D eigenvalue weighted by molar-refractivity contribution is -0.384. The Bertz CT molecular complexity index is 841. The van der Waals surface area contributed by atoms with Crippen LogP contribution in [-0.4, -0.2) is 16.6 Å². The average Bonchev–Trinajstić information content (AvgIpc) is 2.53. The second-order valence-corrected chi connectivity index (χ2v) is 5.55. The van der Waals surface area contributed by atoms with Crippen LogP contribution in [0.15, 0.2) is 41.6 Å². The Morgan fingerprint density at radius 2 is 1.62 bits per heavy atom. The fourth-order valence-corrected chi connectivity index (χ4v) is 2.34. The molecule has 0 bridgehead atoms. The number of nitrogens with zero attached hydrogens (tertiary/aromatic N) is 2. The molecular formula is C18H18N2O4. The molecule has 2 aromatic carbocycles. The van der Waals surface area contributed by atoms with Crippen molar-refractivity contribution in [2.24, 2.45) is 5.16 Å². The molecule has 0 aliphatic rings. The van der Waals surface area contributed by atoms with E-state index in [-0.39, 0.29) is 5.69 Å². The van der Waals surface area contributed by atoms with E-state index in [1.807, 2.05) is 32.0 Å². The van der Waals surface area contributed by atoms with E-state index in [2.05, 4.69) is 9.99 Å².